The predicted molar refractivity (Wildman–Crippen MR) is 59.6 cm³/mol. The fourth-order valence-electron chi connectivity index (χ4n) is 1.05. The second-order valence-corrected chi connectivity index (χ2v) is 4.58. The van der Waals surface area contributed by atoms with Crippen molar-refractivity contribution in [3.05, 3.63) is 0 Å². The Bertz CT molecular complexity index is 187. The molecule has 15 heavy (non-hydrogen) atoms. The van der Waals surface area contributed by atoms with Gasteiger partial charge in [0.05, 0.1) is 6.61 Å². The minimum atomic E-state index is -0.601. The first-order chi connectivity index (χ1) is 6.90. The highest BCUT2D eigenvalue weighted by molar-refractivity contribution is 5.76. The maximum atomic E-state index is 11.5. The van der Waals surface area contributed by atoms with Gasteiger partial charge in [-0.15, -0.1) is 0 Å². The molecule has 0 radical (unpaired) electrons. The zero-order chi connectivity index (χ0) is 11.9. The summed E-state index contributed by atoms with van der Waals surface area (Å²) in [7, 11) is 0. The third-order valence-corrected chi connectivity index (χ3v) is 1.79. The highest BCUT2D eigenvalue weighted by atomic mass is 16.6. The molecular weight excluding hydrogens is 194 g/mol. The number of hydrogen-bond donors (Lipinski definition) is 2. The zero-order valence-corrected chi connectivity index (χ0v) is 10.2. The van der Waals surface area contributed by atoms with Crippen LogP contribution in [0.5, 0.6) is 0 Å². The van der Waals surface area contributed by atoms with Crippen molar-refractivity contribution in [1.29, 1.82) is 0 Å². The monoisotopic (exact) mass is 217 g/mol. The van der Waals surface area contributed by atoms with Crippen molar-refractivity contribution < 1.29 is 14.6 Å². The predicted octanol–water partition coefficient (Wildman–Crippen LogP) is 1.08. The number of rotatable bonds is 6. The lowest BCUT2D eigenvalue weighted by Crippen LogP contribution is -2.44. The van der Waals surface area contributed by atoms with Gasteiger partial charge in [-0.25, -0.2) is 0 Å². The molecule has 0 aromatic carbocycles. The average Bonchev–Trinajstić information content (AvgIpc) is 2.09. The Balaban J connectivity index is 3.99. The summed E-state index contributed by atoms with van der Waals surface area (Å²) in [5, 5.41) is 12.0. The van der Waals surface area contributed by atoms with E-state index in [-0.39, 0.29) is 12.6 Å². The van der Waals surface area contributed by atoms with E-state index in [2.05, 4.69) is 12.2 Å². The van der Waals surface area contributed by atoms with Gasteiger partial charge in [-0.3, -0.25) is 4.79 Å². The molecule has 0 saturated carbocycles. The van der Waals surface area contributed by atoms with Gasteiger partial charge in [0.2, 0.25) is 0 Å². The quantitative estimate of drug-likeness (QED) is 0.516. The van der Waals surface area contributed by atoms with E-state index in [4.69, 9.17) is 9.84 Å². The van der Waals surface area contributed by atoms with Crippen molar-refractivity contribution in [3.8, 4) is 0 Å². The van der Waals surface area contributed by atoms with E-state index in [0.717, 1.165) is 19.4 Å². The molecule has 0 heterocycles. The Labute approximate surface area is 92.0 Å². The molecule has 1 unspecified atom stereocenters. The average molecular weight is 217 g/mol. The lowest BCUT2D eigenvalue weighted by Gasteiger charge is -2.23. The van der Waals surface area contributed by atoms with Gasteiger partial charge in [0, 0.05) is 0 Å². The number of unbranched alkanes of at least 4 members (excludes halogenated alkanes) is 1. The smallest absolute Gasteiger partial charge is 0.326 e. The second-order valence-electron chi connectivity index (χ2n) is 4.58. The fraction of sp³-hybridized carbons (Fsp3) is 0.909. The Morgan fingerprint density at radius 3 is 2.47 bits per heavy atom. The summed E-state index contributed by atoms with van der Waals surface area (Å²) in [4.78, 5) is 11.5. The molecular formula is C11H23NO3. The molecule has 2 N–H and O–H groups in total. The minimum absolute atomic E-state index is 0.224. The van der Waals surface area contributed by atoms with Crippen LogP contribution < -0.4 is 5.32 Å². The van der Waals surface area contributed by atoms with Gasteiger partial charge in [0.1, 0.15) is 11.6 Å². The molecule has 0 spiro atoms. The van der Waals surface area contributed by atoms with Crippen molar-refractivity contribution >= 4 is 5.97 Å². The standard InChI is InChI=1S/C11H23NO3/c1-5-6-7-12-9(8-13)10(14)15-11(2,3)4/h9,12-13H,5-8H2,1-4H3. The minimum Gasteiger partial charge on any atom is -0.459 e. The SMILES string of the molecule is CCCCNC(CO)C(=O)OC(C)(C)C. The van der Waals surface area contributed by atoms with E-state index in [9.17, 15) is 4.79 Å². The first-order valence-electron chi connectivity index (χ1n) is 5.47. The van der Waals surface area contributed by atoms with Crippen LogP contribution in [0.15, 0.2) is 0 Å². The third-order valence-electron chi connectivity index (χ3n) is 1.79. The second kappa shape index (κ2) is 6.80. The first-order valence-corrected chi connectivity index (χ1v) is 5.47. The number of nitrogens with one attached hydrogen (secondary N) is 1. The molecule has 0 bridgehead atoms. The Morgan fingerprint density at radius 1 is 1.47 bits per heavy atom. The summed E-state index contributed by atoms with van der Waals surface area (Å²) in [5.41, 5.74) is -0.503. The topological polar surface area (TPSA) is 58.6 Å². The number of esters is 1. The number of carbonyl (C=O) groups excluding carboxylic acids is 1. The number of aliphatic hydroxyl groups excluding tert-OH is 1. The zero-order valence-electron chi connectivity index (χ0n) is 10.2. The summed E-state index contributed by atoms with van der Waals surface area (Å²) in [5.74, 6) is -0.388. The largest absolute Gasteiger partial charge is 0.459 e. The van der Waals surface area contributed by atoms with Gasteiger partial charge in [-0.1, -0.05) is 13.3 Å². The van der Waals surface area contributed by atoms with Crippen LogP contribution in [-0.2, 0) is 9.53 Å². The molecule has 0 amide bonds. The molecule has 0 aliphatic heterocycles. The van der Waals surface area contributed by atoms with Crippen LogP contribution in [0.3, 0.4) is 0 Å². The van der Waals surface area contributed by atoms with Crippen LogP contribution in [0.25, 0.3) is 0 Å². The van der Waals surface area contributed by atoms with Gasteiger partial charge >= 0.3 is 5.97 Å². The maximum absolute atomic E-state index is 11.5. The van der Waals surface area contributed by atoms with Crippen LogP contribution in [0.2, 0.25) is 0 Å². The highest BCUT2D eigenvalue weighted by Gasteiger charge is 2.23. The molecule has 0 aliphatic rings. The molecule has 1 atom stereocenters. The molecule has 0 fully saturated rings. The first kappa shape index (κ1) is 14.4. The summed E-state index contributed by atoms with van der Waals surface area (Å²) in [6, 6.07) is -0.601. The molecule has 0 saturated heterocycles. The molecule has 4 nitrogen and oxygen atoms in total. The van der Waals surface area contributed by atoms with Crippen molar-refractivity contribution in [2.75, 3.05) is 13.2 Å². The van der Waals surface area contributed by atoms with Gasteiger partial charge in [-0.05, 0) is 33.7 Å². The van der Waals surface area contributed by atoms with Gasteiger partial charge < -0.3 is 15.2 Å². The van der Waals surface area contributed by atoms with Crippen LogP contribution in [0.4, 0.5) is 0 Å². The Morgan fingerprint density at radius 2 is 2.07 bits per heavy atom. The number of ether oxygens (including phenoxy) is 1. The maximum Gasteiger partial charge on any atom is 0.326 e. The fourth-order valence-corrected chi connectivity index (χ4v) is 1.05. The molecule has 4 heteroatoms. The summed E-state index contributed by atoms with van der Waals surface area (Å²) < 4.78 is 5.16. The Hall–Kier alpha value is -0.610. The Kier molecular flexibility index (Phi) is 6.52. The normalized spacial score (nSPS) is 13.7. The van der Waals surface area contributed by atoms with Crippen molar-refractivity contribution in [2.45, 2.75) is 52.2 Å². The van der Waals surface area contributed by atoms with Crippen LogP contribution in [-0.4, -0.2) is 35.9 Å². The highest BCUT2D eigenvalue weighted by Crippen LogP contribution is 2.08. The molecule has 0 aliphatic carbocycles. The third kappa shape index (κ3) is 7.33. The van der Waals surface area contributed by atoms with E-state index in [0.29, 0.717) is 0 Å². The van der Waals surface area contributed by atoms with Crippen molar-refractivity contribution in [2.24, 2.45) is 0 Å². The van der Waals surface area contributed by atoms with E-state index in [1.807, 2.05) is 20.8 Å². The van der Waals surface area contributed by atoms with Gasteiger partial charge in [0.25, 0.3) is 0 Å². The molecule has 0 aromatic rings. The van der Waals surface area contributed by atoms with Crippen molar-refractivity contribution in [1.82, 2.24) is 5.32 Å². The molecule has 0 rings (SSSR count). The van der Waals surface area contributed by atoms with E-state index in [1.165, 1.54) is 0 Å². The summed E-state index contributed by atoms with van der Waals surface area (Å²) in [6.45, 7) is 8.00. The van der Waals surface area contributed by atoms with Crippen LogP contribution in [0.1, 0.15) is 40.5 Å². The van der Waals surface area contributed by atoms with E-state index >= 15 is 0 Å². The van der Waals surface area contributed by atoms with E-state index in [1.54, 1.807) is 0 Å². The van der Waals surface area contributed by atoms with Crippen molar-refractivity contribution in [3.63, 3.8) is 0 Å². The van der Waals surface area contributed by atoms with Crippen LogP contribution in [0, 0.1) is 0 Å². The number of carbonyl (C=O) groups is 1. The van der Waals surface area contributed by atoms with Gasteiger partial charge in [0.15, 0.2) is 0 Å². The summed E-state index contributed by atoms with van der Waals surface area (Å²) in [6.07, 6.45) is 2.04. The van der Waals surface area contributed by atoms with Gasteiger partial charge in [-0.2, -0.15) is 0 Å². The molecule has 90 valence electrons. The number of aliphatic hydroxyl groups is 1. The van der Waals surface area contributed by atoms with E-state index < -0.39 is 11.6 Å². The lowest BCUT2D eigenvalue weighted by atomic mass is 10.2. The van der Waals surface area contributed by atoms with Crippen LogP contribution >= 0.6 is 0 Å². The lowest BCUT2D eigenvalue weighted by molar-refractivity contribution is -0.158. The summed E-state index contributed by atoms with van der Waals surface area (Å²) >= 11 is 0. The molecule has 0 aromatic heterocycles. The number of hydrogen-bond acceptors (Lipinski definition) is 4.